The third-order valence-electron chi connectivity index (χ3n) is 2.29. The van der Waals surface area contributed by atoms with Crippen LogP contribution in [0, 0.1) is 0 Å². The van der Waals surface area contributed by atoms with Crippen molar-refractivity contribution >= 4 is 5.91 Å². The van der Waals surface area contributed by atoms with Crippen LogP contribution in [-0.2, 0) is 6.18 Å². The van der Waals surface area contributed by atoms with Gasteiger partial charge in [0.2, 0.25) is 0 Å². The average Bonchev–Trinajstić information content (AvgIpc) is 2.34. The van der Waals surface area contributed by atoms with E-state index in [1.807, 2.05) is 0 Å². The zero-order chi connectivity index (χ0) is 13.8. The summed E-state index contributed by atoms with van der Waals surface area (Å²) >= 11 is 0. The van der Waals surface area contributed by atoms with Crippen molar-refractivity contribution in [3.63, 3.8) is 0 Å². The van der Waals surface area contributed by atoms with E-state index in [1.54, 1.807) is 6.92 Å². The predicted molar refractivity (Wildman–Crippen MR) is 57.9 cm³/mol. The quantitative estimate of drug-likeness (QED) is 0.866. The summed E-state index contributed by atoms with van der Waals surface area (Å²) in [5, 5.41) is 11.6. The third-order valence-corrected chi connectivity index (χ3v) is 2.29. The van der Waals surface area contributed by atoms with Crippen molar-refractivity contribution in [2.75, 3.05) is 6.54 Å². The molecule has 4 nitrogen and oxygen atoms in total. The highest BCUT2D eigenvalue weighted by atomic mass is 19.4. The molecule has 1 aromatic rings. The number of hydrogen-bond donors (Lipinski definition) is 2. The molecule has 0 fully saturated rings. The molecule has 1 amide bonds. The van der Waals surface area contributed by atoms with Gasteiger partial charge in [-0.15, -0.1) is 0 Å². The van der Waals surface area contributed by atoms with Crippen LogP contribution in [0.3, 0.4) is 0 Å². The molecule has 1 unspecified atom stereocenters. The van der Waals surface area contributed by atoms with Crippen LogP contribution in [-0.4, -0.2) is 28.6 Å². The Morgan fingerprint density at radius 2 is 2.17 bits per heavy atom. The van der Waals surface area contributed by atoms with Crippen LogP contribution in [0.25, 0.3) is 0 Å². The maximum absolute atomic E-state index is 12.2. The molecule has 1 atom stereocenters. The predicted octanol–water partition coefficient (Wildman–Crippen LogP) is 1.60. The average molecular weight is 262 g/mol. The standard InChI is InChI=1S/C11H13F3N2O2/c1-2-8(17)6-16-10(18)7-3-4-9(15-5-7)11(12,13)14/h3-5,8,17H,2,6H2,1H3,(H,16,18). The highest BCUT2D eigenvalue weighted by Gasteiger charge is 2.32. The maximum Gasteiger partial charge on any atom is 0.433 e. The van der Waals surface area contributed by atoms with E-state index in [4.69, 9.17) is 0 Å². The molecule has 1 rings (SSSR count). The van der Waals surface area contributed by atoms with Crippen LogP contribution in [0.4, 0.5) is 13.2 Å². The molecule has 0 bridgehead atoms. The fraction of sp³-hybridized carbons (Fsp3) is 0.455. The van der Waals surface area contributed by atoms with Gasteiger partial charge in [0.25, 0.3) is 5.91 Å². The highest BCUT2D eigenvalue weighted by molar-refractivity contribution is 5.93. The van der Waals surface area contributed by atoms with Gasteiger partial charge in [-0.05, 0) is 18.6 Å². The molecule has 1 heterocycles. The first-order valence-corrected chi connectivity index (χ1v) is 5.34. The highest BCUT2D eigenvalue weighted by Crippen LogP contribution is 2.27. The third kappa shape index (κ3) is 3.99. The summed E-state index contributed by atoms with van der Waals surface area (Å²) in [7, 11) is 0. The van der Waals surface area contributed by atoms with Crippen molar-refractivity contribution in [3.05, 3.63) is 29.6 Å². The van der Waals surface area contributed by atoms with Crippen LogP contribution >= 0.6 is 0 Å². The number of aliphatic hydroxyl groups is 1. The van der Waals surface area contributed by atoms with Gasteiger partial charge in [0.1, 0.15) is 5.69 Å². The zero-order valence-corrected chi connectivity index (χ0v) is 9.66. The zero-order valence-electron chi connectivity index (χ0n) is 9.66. The van der Waals surface area contributed by atoms with E-state index in [1.165, 1.54) is 0 Å². The normalized spacial score (nSPS) is 13.2. The molecule has 0 aromatic carbocycles. The second-order valence-electron chi connectivity index (χ2n) is 3.70. The summed E-state index contributed by atoms with van der Waals surface area (Å²) in [6.45, 7) is 1.80. The molecule has 18 heavy (non-hydrogen) atoms. The van der Waals surface area contributed by atoms with E-state index in [9.17, 15) is 23.1 Å². The van der Waals surface area contributed by atoms with E-state index in [0.29, 0.717) is 6.42 Å². The minimum atomic E-state index is -4.52. The minimum absolute atomic E-state index is 0.0197. The lowest BCUT2D eigenvalue weighted by Gasteiger charge is -2.10. The molecule has 0 aliphatic heterocycles. The molecule has 1 aromatic heterocycles. The van der Waals surface area contributed by atoms with Crippen LogP contribution < -0.4 is 5.32 Å². The van der Waals surface area contributed by atoms with Crippen LogP contribution in [0.15, 0.2) is 18.3 Å². The monoisotopic (exact) mass is 262 g/mol. The molecule has 2 N–H and O–H groups in total. The lowest BCUT2D eigenvalue weighted by Crippen LogP contribution is -2.31. The fourth-order valence-electron chi connectivity index (χ4n) is 1.15. The second kappa shape index (κ2) is 5.81. The molecule has 0 saturated carbocycles. The Balaban J connectivity index is 2.65. The van der Waals surface area contributed by atoms with Gasteiger partial charge in [-0.1, -0.05) is 6.92 Å². The molecule has 0 aliphatic carbocycles. The number of amides is 1. The number of nitrogens with one attached hydrogen (secondary N) is 1. The molecule has 0 aliphatic rings. The van der Waals surface area contributed by atoms with Crippen LogP contribution in [0.2, 0.25) is 0 Å². The number of nitrogens with zero attached hydrogens (tertiary/aromatic N) is 1. The van der Waals surface area contributed by atoms with Crippen molar-refractivity contribution in [1.82, 2.24) is 10.3 Å². The Morgan fingerprint density at radius 1 is 1.50 bits per heavy atom. The molecule has 7 heteroatoms. The first-order chi connectivity index (χ1) is 8.34. The Labute approximate surface area is 102 Å². The number of halogens is 3. The summed E-state index contributed by atoms with van der Waals surface area (Å²) in [5.74, 6) is -0.566. The van der Waals surface area contributed by atoms with Crippen molar-refractivity contribution in [2.24, 2.45) is 0 Å². The number of carbonyl (C=O) groups is 1. The molecule has 0 spiro atoms. The van der Waals surface area contributed by atoms with Crippen LogP contribution in [0.1, 0.15) is 29.4 Å². The number of hydrogen-bond acceptors (Lipinski definition) is 3. The summed E-state index contributed by atoms with van der Waals surface area (Å²) in [4.78, 5) is 14.7. The second-order valence-corrected chi connectivity index (χ2v) is 3.70. The molecule has 100 valence electrons. The van der Waals surface area contributed by atoms with Crippen molar-refractivity contribution in [3.8, 4) is 0 Å². The SMILES string of the molecule is CCC(O)CNC(=O)c1ccc(C(F)(F)F)nc1. The van der Waals surface area contributed by atoms with Gasteiger partial charge in [-0.3, -0.25) is 9.78 Å². The Bertz CT molecular complexity index is 404. The Hall–Kier alpha value is -1.63. The van der Waals surface area contributed by atoms with Gasteiger partial charge in [-0.2, -0.15) is 13.2 Å². The molecule has 0 saturated heterocycles. The number of aromatic nitrogens is 1. The van der Waals surface area contributed by atoms with E-state index in [0.717, 1.165) is 18.3 Å². The lowest BCUT2D eigenvalue weighted by atomic mass is 10.2. The number of pyridine rings is 1. The topological polar surface area (TPSA) is 62.2 Å². The minimum Gasteiger partial charge on any atom is -0.391 e. The molecular weight excluding hydrogens is 249 g/mol. The largest absolute Gasteiger partial charge is 0.433 e. The first kappa shape index (κ1) is 14.4. The lowest BCUT2D eigenvalue weighted by molar-refractivity contribution is -0.141. The fourth-order valence-corrected chi connectivity index (χ4v) is 1.15. The van der Waals surface area contributed by atoms with Gasteiger partial charge < -0.3 is 10.4 Å². The summed E-state index contributed by atoms with van der Waals surface area (Å²) < 4.78 is 36.7. The van der Waals surface area contributed by atoms with E-state index in [2.05, 4.69) is 10.3 Å². The summed E-state index contributed by atoms with van der Waals surface area (Å²) in [6.07, 6.45) is -3.86. The van der Waals surface area contributed by atoms with Gasteiger partial charge in [-0.25, -0.2) is 0 Å². The van der Waals surface area contributed by atoms with Crippen molar-refractivity contribution in [2.45, 2.75) is 25.6 Å². The van der Waals surface area contributed by atoms with Gasteiger partial charge >= 0.3 is 6.18 Å². The van der Waals surface area contributed by atoms with Crippen molar-refractivity contribution in [1.29, 1.82) is 0 Å². The number of rotatable bonds is 4. The van der Waals surface area contributed by atoms with E-state index >= 15 is 0 Å². The Kier molecular flexibility index (Phi) is 4.66. The number of carbonyl (C=O) groups excluding carboxylic acids is 1. The summed E-state index contributed by atoms with van der Waals surface area (Å²) in [6, 6.07) is 1.79. The van der Waals surface area contributed by atoms with E-state index < -0.39 is 23.9 Å². The van der Waals surface area contributed by atoms with Gasteiger partial charge in [0.05, 0.1) is 11.7 Å². The van der Waals surface area contributed by atoms with Gasteiger partial charge in [0, 0.05) is 12.7 Å². The number of alkyl halides is 3. The smallest absolute Gasteiger partial charge is 0.391 e. The maximum atomic E-state index is 12.2. The molecular formula is C11H13F3N2O2. The summed E-state index contributed by atoms with van der Waals surface area (Å²) in [5.41, 5.74) is -1.03. The number of aliphatic hydroxyl groups excluding tert-OH is 1. The van der Waals surface area contributed by atoms with Gasteiger partial charge in [0.15, 0.2) is 0 Å². The van der Waals surface area contributed by atoms with Crippen molar-refractivity contribution < 1.29 is 23.1 Å². The Morgan fingerprint density at radius 3 is 2.61 bits per heavy atom. The van der Waals surface area contributed by atoms with E-state index in [-0.39, 0.29) is 12.1 Å². The van der Waals surface area contributed by atoms with Crippen LogP contribution in [0.5, 0.6) is 0 Å². The molecule has 0 radical (unpaired) electrons. The first-order valence-electron chi connectivity index (χ1n) is 5.34.